The number of anilines is 1. The summed E-state index contributed by atoms with van der Waals surface area (Å²) in [4.78, 5) is 12.5. The minimum absolute atomic E-state index is 0.0629. The Balaban J connectivity index is 2.10. The number of carbonyl (C=O) groups is 1. The summed E-state index contributed by atoms with van der Waals surface area (Å²) in [6.45, 7) is 3.67. The Bertz CT molecular complexity index is 947. The number of carbonyl (C=O) groups excluding carboxylic acids is 1. The van der Waals surface area contributed by atoms with Gasteiger partial charge in [0.2, 0.25) is 15.9 Å². The summed E-state index contributed by atoms with van der Waals surface area (Å²) >= 11 is 11.9. The van der Waals surface area contributed by atoms with Crippen LogP contribution in [-0.4, -0.2) is 38.8 Å². The third-order valence-electron chi connectivity index (χ3n) is 4.22. The standard InChI is InChI=1S/C19H23Cl2N3O3S/c1-12(14-5-7-15(20)8-6-14)22-13(2)19(25)23-16-9-10-17(21)18(11-16)28(26,27)24(3)4/h5-13,22H,1-4H3,(H,23,25). The van der Waals surface area contributed by atoms with E-state index < -0.39 is 16.1 Å². The van der Waals surface area contributed by atoms with E-state index in [0.717, 1.165) is 9.87 Å². The third kappa shape index (κ3) is 5.46. The number of hydrogen-bond donors (Lipinski definition) is 2. The van der Waals surface area contributed by atoms with Crippen LogP contribution in [0.3, 0.4) is 0 Å². The largest absolute Gasteiger partial charge is 0.325 e. The highest BCUT2D eigenvalue weighted by Gasteiger charge is 2.22. The van der Waals surface area contributed by atoms with Crippen molar-refractivity contribution in [2.75, 3.05) is 19.4 Å². The lowest BCUT2D eigenvalue weighted by molar-refractivity contribution is -0.117. The van der Waals surface area contributed by atoms with Gasteiger partial charge in [0.1, 0.15) is 4.90 Å². The first-order valence-electron chi connectivity index (χ1n) is 8.57. The number of nitrogens with zero attached hydrogens (tertiary/aromatic N) is 1. The molecule has 0 bridgehead atoms. The Kier molecular flexibility index (Phi) is 7.47. The molecular weight excluding hydrogens is 421 g/mol. The molecule has 28 heavy (non-hydrogen) atoms. The van der Waals surface area contributed by atoms with E-state index >= 15 is 0 Å². The molecule has 0 radical (unpaired) electrons. The highest BCUT2D eigenvalue weighted by molar-refractivity contribution is 7.89. The summed E-state index contributed by atoms with van der Waals surface area (Å²) in [5.74, 6) is -0.295. The van der Waals surface area contributed by atoms with E-state index in [-0.39, 0.29) is 21.9 Å². The van der Waals surface area contributed by atoms with Gasteiger partial charge in [0.05, 0.1) is 11.1 Å². The van der Waals surface area contributed by atoms with E-state index in [1.807, 2.05) is 19.1 Å². The number of hydrogen-bond acceptors (Lipinski definition) is 4. The number of halogens is 2. The molecule has 0 aliphatic heterocycles. The van der Waals surface area contributed by atoms with Gasteiger partial charge in [-0.3, -0.25) is 10.1 Å². The van der Waals surface area contributed by atoms with Crippen molar-refractivity contribution in [2.45, 2.75) is 30.8 Å². The van der Waals surface area contributed by atoms with Gasteiger partial charge in [-0.1, -0.05) is 35.3 Å². The maximum Gasteiger partial charge on any atom is 0.244 e. The van der Waals surface area contributed by atoms with E-state index in [4.69, 9.17) is 23.2 Å². The molecule has 0 spiro atoms. The first-order valence-corrected chi connectivity index (χ1v) is 10.8. The smallest absolute Gasteiger partial charge is 0.244 e. The monoisotopic (exact) mass is 443 g/mol. The number of nitrogens with one attached hydrogen (secondary N) is 2. The number of benzene rings is 2. The van der Waals surface area contributed by atoms with Gasteiger partial charge in [-0.15, -0.1) is 0 Å². The van der Waals surface area contributed by atoms with Gasteiger partial charge < -0.3 is 5.32 Å². The van der Waals surface area contributed by atoms with Gasteiger partial charge in [0.25, 0.3) is 0 Å². The van der Waals surface area contributed by atoms with E-state index in [2.05, 4.69) is 10.6 Å². The van der Waals surface area contributed by atoms with Crippen LogP contribution in [0.25, 0.3) is 0 Å². The molecule has 2 N–H and O–H groups in total. The Hall–Kier alpha value is -1.64. The van der Waals surface area contributed by atoms with E-state index in [1.54, 1.807) is 25.1 Å². The highest BCUT2D eigenvalue weighted by Crippen LogP contribution is 2.27. The molecule has 1 amide bonds. The topological polar surface area (TPSA) is 78.5 Å². The van der Waals surface area contributed by atoms with Crippen molar-refractivity contribution >= 4 is 44.8 Å². The van der Waals surface area contributed by atoms with Gasteiger partial charge >= 0.3 is 0 Å². The van der Waals surface area contributed by atoms with Crippen LogP contribution in [0.4, 0.5) is 5.69 Å². The second kappa shape index (κ2) is 9.24. The van der Waals surface area contributed by atoms with Crippen LogP contribution in [-0.2, 0) is 14.8 Å². The second-order valence-corrected chi connectivity index (χ2v) is 9.55. The van der Waals surface area contributed by atoms with Crippen LogP contribution in [0.15, 0.2) is 47.4 Å². The molecule has 2 aromatic rings. The zero-order valence-electron chi connectivity index (χ0n) is 16.0. The molecule has 0 fully saturated rings. The lowest BCUT2D eigenvalue weighted by Gasteiger charge is -2.20. The van der Waals surface area contributed by atoms with Crippen LogP contribution in [0.2, 0.25) is 10.0 Å². The van der Waals surface area contributed by atoms with Gasteiger partial charge in [-0.05, 0) is 49.7 Å². The molecular formula is C19H23Cl2N3O3S. The lowest BCUT2D eigenvalue weighted by atomic mass is 10.1. The highest BCUT2D eigenvalue weighted by atomic mass is 35.5. The summed E-state index contributed by atoms with van der Waals surface area (Å²) in [7, 11) is -0.886. The maximum absolute atomic E-state index is 12.5. The van der Waals surface area contributed by atoms with Crippen LogP contribution < -0.4 is 10.6 Å². The molecule has 152 valence electrons. The first kappa shape index (κ1) is 22.6. The molecule has 0 aliphatic carbocycles. The van der Waals surface area contributed by atoms with Gasteiger partial charge in [-0.25, -0.2) is 12.7 Å². The van der Waals surface area contributed by atoms with Crippen LogP contribution in [0.1, 0.15) is 25.5 Å². The second-order valence-electron chi connectivity index (χ2n) is 6.58. The van der Waals surface area contributed by atoms with Crippen molar-refractivity contribution in [1.29, 1.82) is 0 Å². The first-order chi connectivity index (χ1) is 13.0. The van der Waals surface area contributed by atoms with E-state index in [0.29, 0.717) is 10.7 Å². The van der Waals surface area contributed by atoms with E-state index in [1.165, 1.54) is 26.2 Å². The Labute approximate surface area is 175 Å². The molecule has 2 unspecified atom stereocenters. The predicted molar refractivity (Wildman–Crippen MR) is 113 cm³/mol. The molecule has 2 aromatic carbocycles. The maximum atomic E-state index is 12.5. The number of sulfonamides is 1. The summed E-state index contributed by atoms with van der Waals surface area (Å²) < 4.78 is 25.8. The number of rotatable bonds is 7. The molecule has 9 heteroatoms. The fraction of sp³-hybridized carbons (Fsp3) is 0.316. The Morgan fingerprint density at radius 2 is 1.64 bits per heavy atom. The summed E-state index contributed by atoms with van der Waals surface area (Å²) in [5, 5.41) is 6.66. The van der Waals surface area contributed by atoms with Crippen molar-refractivity contribution in [3.05, 3.63) is 58.1 Å². The molecule has 2 atom stereocenters. The lowest BCUT2D eigenvalue weighted by Crippen LogP contribution is -2.39. The average molecular weight is 444 g/mol. The van der Waals surface area contributed by atoms with Crippen molar-refractivity contribution in [3.63, 3.8) is 0 Å². The molecule has 0 aromatic heterocycles. The minimum Gasteiger partial charge on any atom is -0.325 e. The van der Waals surface area contributed by atoms with Crippen LogP contribution in [0.5, 0.6) is 0 Å². The van der Waals surface area contributed by atoms with Crippen LogP contribution >= 0.6 is 23.2 Å². The Morgan fingerprint density at radius 1 is 1.04 bits per heavy atom. The molecule has 0 heterocycles. The fourth-order valence-corrected chi connectivity index (χ4v) is 4.04. The molecule has 0 saturated carbocycles. The zero-order chi connectivity index (χ0) is 21.1. The van der Waals surface area contributed by atoms with Crippen molar-refractivity contribution in [3.8, 4) is 0 Å². The summed E-state index contributed by atoms with van der Waals surface area (Å²) in [6.07, 6.45) is 0. The van der Waals surface area contributed by atoms with Gasteiger partial charge in [-0.2, -0.15) is 0 Å². The van der Waals surface area contributed by atoms with Gasteiger partial charge in [0, 0.05) is 30.8 Å². The fourth-order valence-electron chi connectivity index (χ4n) is 2.52. The molecule has 0 saturated heterocycles. The summed E-state index contributed by atoms with van der Waals surface area (Å²) in [6, 6.07) is 11.1. The average Bonchev–Trinajstić information content (AvgIpc) is 2.63. The number of amides is 1. The minimum atomic E-state index is -3.72. The SMILES string of the molecule is CC(NC(C)c1ccc(Cl)cc1)C(=O)Nc1ccc(Cl)c(S(=O)(=O)N(C)C)c1. The Morgan fingerprint density at radius 3 is 2.21 bits per heavy atom. The van der Waals surface area contributed by atoms with Crippen LogP contribution in [0, 0.1) is 0 Å². The van der Waals surface area contributed by atoms with E-state index in [9.17, 15) is 13.2 Å². The van der Waals surface area contributed by atoms with Crippen molar-refractivity contribution in [1.82, 2.24) is 9.62 Å². The quantitative estimate of drug-likeness (QED) is 0.679. The zero-order valence-corrected chi connectivity index (χ0v) is 18.4. The van der Waals surface area contributed by atoms with Gasteiger partial charge in [0.15, 0.2) is 0 Å². The van der Waals surface area contributed by atoms with Crippen molar-refractivity contribution in [2.24, 2.45) is 0 Å². The summed E-state index contributed by atoms with van der Waals surface area (Å²) in [5.41, 5.74) is 1.34. The molecule has 6 nitrogen and oxygen atoms in total. The molecule has 0 aliphatic rings. The third-order valence-corrected chi connectivity index (χ3v) is 6.77. The normalized spacial score (nSPS) is 14.0. The molecule has 2 rings (SSSR count). The predicted octanol–water partition coefficient (Wildman–Crippen LogP) is 3.92. The van der Waals surface area contributed by atoms with Crippen molar-refractivity contribution < 1.29 is 13.2 Å².